The SMILES string of the molecule is CNCCNc1ccc2c3c(nn2CCN)-c2ccncc2Sc13. The summed E-state index contributed by atoms with van der Waals surface area (Å²) in [5, 5.41) is 12.7. The van der Waals surface area contributed by atoms with Crippen LogP contribution in [0.15, 0.2) is 40.4 Å². The number of nitrogens with zero attached hydrogens (tertiary/aromatic N) is 3. The van der Waals surface area contributed by atoms with Gasteiger partial charge in [-0.05, 0) is 25.2 Å². The van der Waals surface area contributed by atoms with Crippen LogP contribution in [0.1, 0.15) is 0 Å². The highest BCUT2D eigenvalue weighted by atomic mass is 32.2. The molecule has 0 saturated heterocycles. The van der Waals surface area contributed by atoms with Crippen LogP contribution in [0.25, 0.3) is 22.2 Å². The van der Waals surface area contributed by atoms with Gasteiger partial charge in [0.1, 0.15) is 5.69 Å². The third-order valence-corrected chi connectivity index (χ3v) is 5.33. The fraction of sp³-hybridized carbons (Fsp3) is 0.294. The molecule has 4 N–H and O–H groups in total. The number of rotatable bonds is 6. The Labute approximate surface area is 144 Å². The maximum absolute atomic E-state index is 5.77. The van der Waals surface area contributed by atoms with Gasteiger partial charge in [0, 0.05) is 58.5 Å². The average Bonchev–Trinajstić information content (AvgIpc) is 2.97. The first kappa shape index (κ1) is 15.4. The van der Waals surface area contributed by atoms with Gasteiger partial charge in [0.25, 0.3) is 0 Å². The number of nitrogens with two attached hydrogens (primary N) is 1. The summed E-state index contributed by atoms with van der Waals surface area (Å²) >= 11 is 1.76. The Morgan fingerprint density at radius 2 is 2.17 bits per heavy atom. The number of hydrogen-bond donors (Lipinski definition) is 3. The summed E-state index contributed by atoms with van der Waals surface area (Å²) in [6, 6.07) is 6.32. The lowest BCUT2D eigenvalue weighted by Gasteiger charge is -2.18. The summed E-state index contributed by atoms with van der Waals surface area (Å²) in [7, 11) is 1.96. The van der Waals surface area contributed by atoms with Gasteiger partial charge in [-0.15, -0.1) is 0 Å². The van der Waals surface area contributed by atoms with E-state index in [-0.39, 0.29) is 0 Å². The Hall–Kier alpha value is -2.09. The number of nitrogens with one attached hydrogen (secondary N) is 2. The zero-order valence-electron chi connectivity index (χ0n) is 13.5. The van der Waals surface area contributed by atoms with Crippen LogP contribution < -0.4 is 16.4 Å². The molecular weight excluding hydrogens is 320 g/mol. The van der Waals surface area contributed by atoms with Crippen LogP contribution in [0.2, 0.25) is 0 Å². The fourth-order valence-electron chi connectivity index (χ4n) is 3.06. The van der Waals surface area contributed by atoms with Crippen LogP contribution in [0.4, 0.5) is 5.69 Å². The monoisotopic (exact) mass is 340 g/mol. The molecule has 1 aliphatic heterocycles. The molecule has 0 atom stereocenters. The first-order valence-corrected chi connectivity index (χ1v) is 8.89. The Morgan fingerprint density at radius 1 is 1.25 bits per heavy atom. The number of likely N-dealkylation sites (N-methyl/N-ethyl adjacent to an activating group) is 1. The standard InChI is InChI=1S/C17H20N6S/c1-19-7-8-21-12-2-3-13-15-16(22-23(13)9-5-18)11-4-6-20-10-14(11)24-17(12)15/h2-4,6,10,19,21H,5,7-9,18H2,1H3. The highest BCUT2D eigenvalue weighted by molar-refractivity contribution is 8.00. The second-order valence-electron chi connectivity index (χ2n) is 5.70. The second kappa shape index (κ2) is 6.43. The molecule has 3 aromatic rings. The number of fused-ring (bicyclic) bond motifs is 2. The minimum absolute atomic E-state index is 0.573. The Morgan fingerprint density at radius 3 is 3.00 bits per heavy atom. The van der Waals surface area contributed by atoms with E-state index in [4.69, 9.17) is 10.8 Å². The maximum atomic E-state index is 5.77. The Balaban J connectivity index is 1.90. The van der Waals surface area contributed by atoms with E-state index in [0.717, 1.165) is 40.4 Å². The molecule has 0 amide bonds. The molecular formula is C17H20N6S. The zero-order chi connectivity index (χ0) is 16.5. The predicted octanol–water partition coefficient (Wildman–Crippen LogP) is 2.15. The fourth-order valence-corrected chi connectivity index (χ4v) is 4.22. The molecule has 3 heterocycles. The third-order valence-electron chi connectivity index (χ3n) is 4.15. The third kappa shape index (κ3) is 2.45. The van der Waals surface area contributed by atoms with Crippen molar-refractivity contribution in [3.8, 4) is 11.3 Å². The predicted molar refractivity (Wildman–Crippen MR) is 98.6 cm³/mol. The second-order valence-corrected chi connectivity index (χ2v) is 6.75. The number of aromatic nitrogens is 3. The van der Waals surface area contributed by atoms with Crippen LogP contribution in [-0.2, 0) is 6.54 Å². The number of hydrogen-bond acceptors (Lipinski definition) is 6. The van der Waals surface area contributed by atoms with E-state index >= 15 is 0 Å². The molecule has 6 nitrogen and oxygen atoms in total. The highest BCUT2D eigenvalue weighted by Gasteiger charge is 2.25. The first-order valence-electron chi connectivity index (χ1n) is 8.07. The number of anilines is 1. The molecule has 24 heavy (non-hydrogen) atoms. The van der Waals surface area contributed by atoms with Gasteiger partial charge >= 0.3 is 0 Å². The van der Waals surface area contributed by atoms with E-state index in [1.165, 1.54) is 10.3 Å². The van der Waals surface area contributed by atoms with E-state index < -0.39 is 0 Å². The molecule has 0 radical (unpaired) electrons. The van der Waals surface area contributed by atoms with Crippen molar-refractivity contribution < 1.29 is 0 Å². The van der Waals surface area contributed by atoms with Gasteiger partial charge in [0.15, 0.2) is 0 Å². The molecule has 1 aliphatic rings. The van der Waals surface area contributed by atoms with Gasteiger partial charge in [-0.2, -0.15) is 5.10 Å². The molecule has 0 saturated carbocycles. The molecule has 0 unspecified atom stereocenters. The van der Waals surface area contributed by atoms with Crippen LogP contribution >= 0.6 is 11.8 Å². The van der Waals surface area contributed by atoms with Crippen molar-refractivity contribution in [2.24, 2.45) is 5.73 Å². The van der Waals surface area contributed by atoms with Crippen molar-refractivity contribution in [1.82, 2.24) is 20.1 Å². The molecule has 0 spiro atoms. The quantitative estimate of drug-likeness (QED) is 0.467. The summed E-state index contributed by atoms with van der Waals surface area (Å²) in [5.41, 5.74) is 10.2. The summed E-state index contributed by atoms with van der Waals surface area (Å²) in [4.78, 5) is 6.65. The lowest BCUT2D eigenvalue weighted by atomic mass is 10.1. The van der Waals surface area contributed by atoms with Crippen molar-refractivity contribution in [2.75, 3.05) is 32.0 Å². The number of benzene rings is 1. The van der Waals surface area contributed by atoms with Gasteiger partial charge in [-0.25, -0.2) is 0 Å². The summed E-state index contributed by atoms with van der Waals surface area (Å²) in [5.74, 6) is 0. The van der Waals surface area contributed by atoms with Crippen LogP contribution in [-0.4, -0.2) is 41.4 Å². The van der Waals surface area contributed by atoms with Gasteiger partial charge in [0.05, 0.1) is 12.1 Å². The van der Waals surface area contributed by atoms with Crippen molar-refractivity contribution in [2.45, 2.75) is 16.3 Å². The highest BCUT2D eigenvalue weighted by Crippen LogP contribution is 2.49. The van der Waals surface area contributed by atoms with Gasteiger partial charge in [0.2, 0.25) is 0 Å². The minimum atomic E-state index is 0.573. The molecule has 0 bridgehead atoms. The average molecular weight is 340 g/mol. The maximum Gasteiger partial charge on any atom is 0.103 e. The molecule has 124 valence electrons. The van der Waals surface area contributed by atoms with Crippen molar-refractivity contribution in [3.05, 3.63) is 30.6 Å². The Bertz CT molecular complexity index is 888. The molecule has 4 rings (SSSR count). The van der Waals surface area contributed by atoms with E-state index in [1.807, 2.05) is 30.2 Å². The van der Waals surface area contributed by atoms with Crippen LogP contribution in [0.5, 0.6) is 0 Å². The van der Waals surface area contributed by atoms with Gasteiger partial charge in [-0.1, -0.05) is 11.8 Å². The zero-order valence-corrected chi connectivity index (χ0v) is 14.4. The topological polar surface area (TPSA) is 80.8 Å². The minimum Gasteiger partial charge on any atom is -0.383 e. The summed E-state index contributed by atoms with van der Waals surface area (Å²) in [6.45, 7) is 3.08. The number of pyridine rings is 1. The lowest BCUT2D eigenvalue weighted by Crippen LogP contribution is -2.18. The summed E-state index contributed by atoms with van der Waals surface area (Å²) in [6.07, 6.45) is 3.74. The first-order chi connectivity index (χ1) is 11.8. The van der Waals surface area contributed by atoms with E-state index in [0.29, 0.717) is 13.1 Å². The molecule has 0 fully saturated rings. The van der Waals surface area contributed by atoms with Crippen molar-refractivity contribution in [3.63, 3.8) is 0 Å². The van der Waals surface area contributed by atoms with Crippen LogP contribution in [0.3, 0.4) is 0 Å². The Kier molecular flexibility index (Phi) is 4.13. The van der Waals surface area contributed by atoms with Gasteiger partial charge < -0.3 is 16.4 Å². The van der Waals surface area contributed by atoms with E-state index in [2.05, 4.69) is 27.8 Å². The summed E-state index contributed by atoms with van der Waals surface area (Å²) < 4.78 is 2.02. The smallest absolute Gasteiger partial charge is 0.103 e. The van der Waals surface area contributed by atoms with Crippen LogP contribution in [0, 0.1) is 0 Å². The lowest BCUT2D eigenvalue weighted by molar-refractivity contribution is 0.648. The van der Waals surface area contributed by atoms with Gasteiger partial charge in [-0.3, -0.25) is 9.67 Å². The van der Waals surface area contributed by atoms with E-state index in [9.17, 15) is 0 Å². The largest absolute Gasteiger partial charge is 0.383 e. The van der Waals surface area contributed by atoms with Crippen molar-refractivity contribution in [1.29, 1.82) is 0 Å². The van der Waals surface area contributed by atoms with Crippen molar-refractivity contribution >= 4 is 28.4 Å². The molecule has 7 heteroatoms. The molecule has 2 aromatic heterocycles. The molecule has 1 aromatic carbocycles. The normalized spacial score (nSPS) is 12.4. The molecule has 0 aliphatic carbocycles. The van der Waals surface area contributed by atoms with E-state index in [1.54, 1.807) is 11.8 Å².